The molecule has 352 valence electrons. The lowest BCUT2D eigenvalue weighted by Gasteiger charge is -2.30. The fourth-order valence-electron chi connectivity index (χ4n) is 12.0. The van der Waals surface area contributed by atoms with Crippen molar-refractivity contribution in [3.05, 3.63) is 301 Å². The maximum Gasteiger partial charge on any atom is 0.0461 e. The topological polar surface area (TPSA) is 3.24 Å². The summed E-state index contributed by atoms with van der Waals surface area (Å²) in [7, 11) is 0. The molecule has 13 aromatic carbocycles. The smallest absolute Gasteiger partial charge is 0.0461 e. The van der Waals surface area contributed by atoms with Gasteiger partial charge in [0.1, 0.15) is 0 Å². The third-order valence-electron chi connectivity index (χ3n) is 15.5. The fraction of sp³-hybridized carbons (Fsp3) is 0.0270. The lowest BCUT2D eigenvalue weighted by atomic mass is 9.80. The number of para-hydroxylation sites is 1. The molecule has 13 aromatic rings. The maximum atomic E-state index is 2.50. The Labute approximate surface area is 437 Å². The molecule has 0 N–H and O–H groups in total. The van der Waals surface area contributed by atoms with Crippen molar-refractivity contribution in [2.75, 3.05) is 4.90 Å². The minimum Gasteiger partial charge on any atom is -0.311 e. The minimum atomic E-state index is 0.174. The molecule has 1 aliphatic rings. The van der Waals surface area contributed by atoms with Crippen LogP contribution in [0.15, 0.2) is 285 Å². The van der Waals surface area contributed by atoms with Gasteiger partial charge in [-0.3, -0.25) is 0 Å². The summed E-state index contributed by atoms with van der Waals surface area (Å²) in [4.78, 5) is 2.39. The Kier molecular flexibility index (Phi) is 11.1. The van der Waals surface area contributed by atoms with E-state index in [2.05, 4.69) is 296 Å². The van der Waals surface area contributed by atoms with Crippen LogP contribution < -0.4 is 4.90 Å². The molecule has 0 saturated heterocycles. The van der Waals surface area contributed by atoms with Crippen molar-refractivity contribution in [3.63, 3.8) is 0 Å². The van der Waals surface area contributed by atoms with E-state index in [1.165, 1.54) is 120 Å². The van der Waals surface area contributed by atoms with Crippen LogP contribution >= 0.6 is 0 Å². The van der Waals surface area contributed by atoms with Gasteiger partial charge in [-0.05, 0) is 170 Å². The number of hydrogen-bond donors (Lipinski definition) is 0. The van der Waals surface area contributed by atoms with Gasteiger partial charge in [-0.25, -0.2) is 0 Å². The van der Waals surface area contributed by atoms with Gasteiger partial charge < -0.3 is 4.90 Å². The van der Waals surface area contributed by atoms with Crippen LogP contribution in [0.5, 0.6) is 0 Å². The standard InChI is InChI=1S/C74H51N/c1-3-17-50(18-4-1)31-32-51-33-42-61(43-34-51)75(60-23-5-2-6-24-60)62-44-39-54(40-45-62)71-63-25-11-13-27-65(63)73(66-28-14-12-26-64(66)71)59-41-46-69-70(49-59)74(58-38-36-53-20-8-10-22-56(53)48-58)68-30-16-15-29-67(68)72(69)57-37-35-52-19-7-9-21-55(52)47-57/h1-39,41-49,54H,40H2/b32-31+. The zero-order chi connectivity index (χ0) is 49.7. The molecule has 0 radical (unpaired) electrons. The SMILES string of the molecule is C1=CC(c2c3ccccc3c(-c3ccc4c(-c5ccc6ccccc6c5)c5ccccc5c(-c5ccc6ccccc6c5)c4c3)c3ccccc23)CC=C1N(c1ccccc1)c1ccc(/C=C/c2ccccc2)cc1. The van der Waals surface area contributed by atoms with Crippen LogP contribution in [-0.2, 0) is 0 Å². The van der Waals surface area contributed by atoms with Crippen LogP contribution in [0.2, 0.25) is 0 Å². The number of nitrogens with zero attached hydrogens (tertiary/aromatic N) is 1. The van der Waals surface area contributed by atoms with Crippen LogP contribution in [0.1, 0.15) is 29.0 Å². The summed E-state index contributed by atoms with van der Waals surface area (Å²) in [5.74, 6) is 0.174. The van der Waals surface area contributed by atoms with Gasteiger partial charge in [-0.1, -0.05) is 243 Å². The van der Waals surface area contributed by atoms with Crippen molar-refractivity contribution in [2.45, 2.75) is 12.3 Å². The van der Waals surface area contributed by atoms with E-state index in [9.17, 15) is 0 Å². The lowest BCUT2D eigenvalue weighted by Crippen LogP contribution is -2.17. The van der Waals surface area contributed by atoms with E-state index in [0.29, 0.717) is 0 Å². The van der Waals surface area contributed by atoms with Gasteiger partial charge in [0.05, 0.1) is 0 Å². The van der Waals surface area contributed by atoms with Crippen LogP contribution in [0.25, 0.3) is 110 Å². The molecule has 1 aliphatic carbocycles. The van der Waals surface area contributed by atoms with Gasteiger partial charge in [0.15, 0.2) is 0 Å². The third-order valence-corrected chi connectivity index (χ3v) is 15.5. The molecule has 1 heteroatoms. The first-order valence-electron chi connectivity index (χ1n) is 26.2. The highest BCUT2D eigenvalue weighted by Gasteiger charge is 2.25. The zero-order valence-electron chi connectivity index (χ0n) is 41.4. The molecule has 0 bridgehead atoms. The summed E-state index contributed by atoms with van der Waals surface area (Å²) < 4.78 is 0. The Bertz CT molecular complexity index is 4370. The van der Waals surface area contributed by atoms with E-state index in [0.717, 1.165) is 17.8 Å². The Balaban J connectivity index is 0.911. The average molecular weight is 954 g/mol. The number of hydrogen-bond acceptors (Lipinski definition) is 1. The monoisotopic (exact) mass is 953 g/mol. The summed E-state index contributed by atoms with van der Waals surface area (Å²) in [5.41, 5.74) is 14.6. The van der Waals surface area contributed by atoms with Crippen LogP contribution in [0.3, 0.4) is 0 Å². The predicted molar refractivity (Wildman–Crippen MR) is 323 cm³/mol. The number of fused-ring (bicyclic) bond motifs is 6. The molecule has 1 atom stereocenters. The van der Waals surface area contributed by atoms with E-state index < -0.39 is 0 Å². The molecule has 14 rings (SSSR count). The quantitative estimate of drug-likeness (QED) is 0.103. The molecule has 1 unspecified atom stereocenters. The Morgan fingerprint density at radius 2 is 0.733 bits per heavy atom. The first kappa shape index (κ1) is 44.2. The van der Waals surface area contributed by atoms with Crippen molar-refractivity contribution in [3.8, 4) is 33.4 Å². The van der Waals surface area contributed by atoms with Crippen molar-refractivity contribution in [2.24, 2.45) is 0 Å². The molecule has 0 heterocycles. The normalized spacial score (nSPS) is 13.7. The summed E-state index contributed by atoms with van der Waals surface area (Å²) in [6.07, 6.45) is 12.5. The van der Waals surface area contributed by atoms with Crippen LogP contribution in [0.4, 0.5) is 11.4 Å². The summed E-state index contributed by atoms with van der Waals surface area (Å²) in [6.45, 7) is 0. The van der Waals surface area contributed by atoms with Crippen molar-refractivity contribution < 1.29 is 0 Å². The maximum absolute atomic E-state index is 2.50. The highest BCUT2D eigenvalue weighted by Crippen LogP contribution is 2.49. The van der Waals surface area contributed by atoms with E-state index in [4.69, 9.17) is 0 Å². The second kappa shape index (κ2) is 18.8. The highest BCUT2D eigenvalue weighted by molar-refractivity contribution is 6.24. The summed E-state index contributed by atoms with van der Waals surface area (Å²) in [5, 5.41) is 15.1. The molecule has 0 amide bonds. The first-order chi connectivity index (χ1) is 37.2. The van der Waals surface area contributed by atoms with E-state index in [1.54, 1.807) is 0 Å². The Morgan fingerprint density at radius 3 is 1.28 bits per heavy atom. The van der Waals surface area contributed by atoms with E-state index in [1.807, 2.05) is 0 Å². The molecule has 0 aliphatic heterocycles. The second-order valence-corrected chi connectivity index (χ2v) is 19.9. The van der Waals surface area contributed by atoms with Crippen molar-refractivity contribution in [1.29, 1.82) is 0 Å². The minimum absolute atomic E-state index is 0.174. The summed E-state index contributed by atoms with van der Waals surface area (Å²) in [6, 6.07) is 96.1. The van der Waals surface area contributed by atoms with Crippen molar-refractivity contribution >= 4 is 88.2 Å². The first-order valence-corrected chi connectivity index (χ1v) is 26.2. The molecule has 1 nitrogen and oxygen atoms in total. The second-order valence-electron chi connectivity index (χ2n) is 19.9. The van der Waals surface area contributed by atoms with Gasteiger partial charge in [0.2, 0.25) is 0 Å². The van der Waals surface area contributed by atoms with E-state index >= 15 is 0 Å². The highest BCUT2D eigenvalue weighted by atomic mass is 15.1. The van der Waals surface area contributed by atoms with Crippen LogP contribution in [0, 0.1) is 0 Å². The fourth-order valence-corrected chi connectivity index (χ4v) is 12.0. The zero-order valence-corrected chi connectivity index (χ0v) is 41.4. The lowest BCUT2D eigenvalue weighted by molar-refractivity contribution is 0.854. The molecular weight excluding hydrogens is 903 g/mol. The molecule has 75 heavy (non-hydrogen) atoms. The largest absolute Gasteiger partial charge is 0.311 e. The van der Waals surface area contributed by atoms with Gasteiger partial charge in [-0.2, -0.15) is 0 Å². The number of rotatable bonds is 9. The van der Waals surface area contributed by atoms with Gasteiger partial charge >= 0.3 is 0 Å². The van der Waals surface area contributed by atoms with Gasteiger partial charge in [0.25, 0.3) is 0 Å². The van der Waals surface area contributed by atoms with Gasteiger partial charge in [0, 0.05) is 23.0 Å². The molecule has 0 saturated carbocycles. The number of benzene rings is 13. The third kappa shape index (κ3) is 7.98. The van der Waals surface area contributed by atoms with Crippen molar-refractivity contribution in [1.82, 2.24) is 0 Å². The number of anilines is 2. The Morgan fingerprint density at radius 1 is 0.320 bits per heavy atom. The number of allylic oxidation sites excluding steroid dienone is 3. The predicted octanol–water partition coefficient (Wildman–Crippen LogP) is 20.5. The van der Waals surface area contributed by atoms with E-state index in [-0.39, 0.29) is 5.92 Å². The average Bonchev–Trinajstić information content (AvgIpc) is 3.48. The molecular formula is C74H51N. The molecule has 0 aromatic heterocycles. The summed E-state index contributed by atoms with van der Waals surface area (Å²) >= 11 is 0. The van der Waals surface area contributed by atoms with Gasteiger partial charge in [-0.15, -0.1) is 0 Å². The molecule has 0 spiro atoms. The van der Waals surface area contributed by atoms with Crippen LogP contribution in [-0.4, -0.2) is 0 Å². The Hall–Kier alpha value is -9.56. The molecule has 0 fully saturated rings.